The first-order valence-corrected chi connectivity index (χ1v) is 40.1. The molecule has 6 nitrogen and oxygen atoms in total. The van der Waals surface area contributed by atoms with Crippen LogP contribution in [0, 0.1) is 0 Å². The lowest BCUT2D eigenvalue weighted by Crippen LogP contribution is -2.64. The maximum absolute atomic E-state index is 7.47. The number of hydrogen-bond donors (Lipinski definition) is 0. The van der Waals surface area contributed by atoms with Crippen molar-refractivity contribution in [2.45, 2.75) is 116 Å². The van der Waals surface area contributed by atoms with Crippen molar-refractivity contribution < 1.29 is 9.47 Å². The molecule has 0 fully saturated rings. The molecule has 0 unspecified atom stereocenters. The Bertz CT molecular complexity index is 4780. The maximum Gasteiger partial charge on any atom is 0.256 e. The highest BCUT2D eigenvalue weighted by Crippen LogP contribution is 2.56. The zero-order chi connectivity index (χ0) is 64.1. The molecule has 2 aliphatic carbocycles. The van der Waals surface area contributed by atoms with Gasteiger partial charge in [-0.15, -0.1) is 0 Å². The number of benzene rings is 11. The van der Waals surface area contributed by atoms with Crippen molar-refractivity contribution in [1.82, 2.24) is 0 Å². The van der Waals surface area contributed by atoms with Gasteiger partial charge in [-0.2, -0.15) is 0 Å². The maximum atomic E-state index is 7.47. The molecule has 458 valence electrons. The van der Waals surface area contributed by atoms with E-state index in [0.717, 1.165) is 81.3 Å². The van der Waals surface area contributed by atoms with Gasteiger partial charge in [0.1, 0.15) is 39.1 Å². The number of anilines is 12. The summed E-state index contributed by atoms with van der Waals surface area (Å²) in [6.07, 6.45) is 2.14. The molecule has 0 amide bonds. The Morgan fingerprint density at radius 3 is 1.00 bits per heavy atom. The molecule has 0 bridgehead atoms. The van der Waals surface area contributed by atoms with Gasteiger partial charge in [0.05, 0.1) is 11.4 Å². The molecule has 0 aromatic heterocycles. The standard InChI is InChI=1S/C84H76B2N4O2Si2/c1-81(2)49-83(5,6)57-41-51(37-39-55(57)81)87-67-48-68-62(47-61(67)85-59-25-13-19-31-71(59)91-73-45-53(43-69(87)79(73)85)89-63-27-15-21-33-75(63)93(9,10)76-34-22-16-28-64(76)89)86-60-26-14-20-32-72(60)92-74-46-54(90-65-29-17-23-35-77(65)94(11,12)78-36-24-18-30-66(78)90)44-70(80(74)86)88(68)52-38-40-56-58(42-52)84(7,8)50-82(56,3)4/h13-48H,49-50H2,1-12H3. The van der Waals surface area contributed by atoms with Gasteiger partial charge in [0.25, 0.3) is 13.4 Å². The minimum Gasteiger partial charge on any atom is -0.458 e. The van der Waals surface area contributed by atoms with E-state index in [9.17, 15) is 0 Å². The Morgan fingerprint density at radius 1 is 0.287 bits per heavy atom. The lowest BCUT2D eigenvalue weighted by atomic mass is 9.31. The number of rotatable bonds is 4. The van der Waals surface area contributed by atoms with Gasteiger partial charge in [-0.05, 0) is 189 Å². The van der Waals surface area contributed by atoms with E-state index in [0.29, 0.717) is 0 Å². The van der Waals surface area contributed by atoms with Crippen LogP contribution in [0.25, 0.3) is 0 Å². The van der Waals surface area contributed by atoms with E-state index in [2.05, 4.69) is 320 Å². The summed E-state index contributed by atoms with van der Waals surface area (Å²) in [5.74, 6) is 3.56. The second kappa shape index (κ2) is 18.8. The van der Waals surface area contributed by atoms with Gasteiger partial charge >= 0.3 is 0 Å². The van der Waals surface area contributed by atoms with Crippen molar-refractivity contribution >= 4 is 151 Å². The van der Waals surface area contributed by atoms with E-state index in [4.69, 9.17) is 9.47 Å². The number of hydrogen-bond acceptors (Lipinski definition) is 6. The van der Waals surface area contributed by atoms with E-state index < -0.39 is 16.1 Å². The molecule has 94 heavy (non-hydrogen) atoms. The molecule has 8 aliphatic rings. The predicted molar refractivity (Wildman–Crippen MR) is 402 cm³/mol. The van der Waals surface area contributed by atoms with Crippen LogP contribution in [0.2, 0.25) is 26.2 Å². The molecule has 0 atom stereocenters. The molecule has 0 saturated carbocycles. The monoisotopic (exact) mass is 1250 g/mol. The van der Waals surface area contributed by atoms with E-state index >= 15 is 0 Å². The van der Waals surface area contributed by atoms with E-state index in [1.165, 1.54) is 98.5 Å². The van der Waals surface area contributed by atoms with Crippen LogP contribution < -0.4 is 82.6 Å². The minimum atomic E-state index is -2.13. The normalized spacial score (nSPS) is 18.5. The summed E-state index contributed by atoms with van der Waals surface area (Å²) >= 11 is 0. The molecule has 0 N–H and O–H groups in total. The summed E-state index contributed by atoms with van der Waals surface area (Å²) in [6, 6.07) is 84.4. The Balaban J connectivity index is 0.929. The third-order valence-corrected chi connectivity index (χ3v) is 30.5. The Kier molecular flexibility index (Phi) is 11.3. The molecule has 0 saturated heterocycles. The first-order chi connectivity index (χ1) is 45.1. The van der Waals surface area contributed by atoms with Crippen LogP contribution in [0.15, 0.2) is 218 Å². The number of ether oxygens (including phenoxy) is 2. The highest BCUT2D eigenvalue weighted by molar-refractivity contribution is 7.04. The zero-order valence-electron chi connectivity index (χ0n) is 56.0. The summed E-state index contributed by atoms with van der Waals surface area (Å²) in [5.41, 5.74) is 26.9. The molecule has 6 heterocycles. The molecular formula is C84H76B2N4O2Si2. The Labute approximate surface area is 556 Å². The molecule has 0 radical (unpaired) electrons. The molecule has 10 heteroatoms. The van der Waals surface area contributed by atoms with Crippen molar-refractivity contribution in [2.24, 2.45) is 0 Å². The number of fused-ring (bicyclic) bond motifs is 14. The zero-order valence-corrected chi connectivity index (χ0v) is 58.0. The minimum absolute atomic E-state index is 0.0197. The quantitative estimate of drug-likeness (QED) is 0.163. The highest BCUT2D eigenvalue weighted by Gasteiger charge is 2.51. The summed E-state index contributed by atoms with van der Waals surface area (Å²) in [5, 5.41) is 5.73. The van der Waals surface area contributed by atoms with Gasteiger partial charge in [-0.1, -0.05) is 209 Å². The van der Waals surface area contributed by atoms with Gasteiger partial charge in [0, 0.05) is 69.0 Å². The van der Waals surface area contributed by atoms with Gasteiger partial charge in [-0.25, -0.2) is 0 Å². The first kappa shape index (κ1) is 56.3. The van der Waals surface area contributed by atoms with E-state index in [-0.39, 0.29) is 35.1 Å². The molecule has 11 aromatic rings. The summed E-state index contributed by atoms with van der Waals surface area (Å²) < 4.78 is 14.9. The van der Waals surface area contributed by atoms with E-state index in [1.807, 2.05) is 0 Å². The van der Waals surface area contributed by atoms with Gasteiger partial charge in [0.2, 0.25) is 0 Å². The second-order valence-corrected chi connectivity index (χ2v) is 40.5. The topological polar surface area (TPSA) is 31.4 Å². The fourth-order valence-corrected chi connectivity index (χ4v) is 25.8. The van der Waals surface area contributed by atoms with Crippen LogP contribution in [0.3, 0.4) is 0 Å². The molecule has 11 aromatic carbocycles. The van der Waals surface area contributed by atoms with Crippen molar-refractivity contribution in [3.05, 3.63) is 241 Å². The molecular weight excluding hydrogens is 1170 g/mol. The lowest BCUT2D eigenvalue weighted by molar-refractivity contribution is 0.402. The Morgan fingerprint density at radius 2 is 0.617 bits per heavy atom. The number of para-hydroxylation sites is 6. The summed E-state index contributed by atoms with van der Waals surface area (Å²) in [6.45, 7) is 29.3. The third-order valence-electron chi connectivity index (χ3n) is 23.4. The largest absolute Gasteiger partial charge is 0.458 e. The van der Waals surface area contributed by atoms with Crippen LogP contribution >= 0.6 is 0 Å². The van der Waals surface area contributed by atoms with Gasteiger partial charge < -0.3 is 29.1 Å². The van der Waals surface area contributed by atoms with Crippen molar-refractivity contribution in [3.8, 4) is 23.0 Å². The van der Waals surface area contributed by atoms with Crippen molar-refractivity contribution in [3.63, 3.8) is 0 Å². The number of nitrogens with zero attached hydrogens (tertiary/aromatic N) is 4. The fraction of sp³-hybridized carbons (Fsp3) is 0.214. The SMILES string of the molecule is CC1(C)CC(C)(C)c2cc(N3c4cc5c(cc4B4c6ccccc6Oc6cc(N7c8ccccc8[Si](C)(C)c8ccccc87)cc3c64)B3c4ccccc4Oc4cc(N6c7ccccc7[Si](C)(C)c7ccccc76)cc(c43)N5c3ccc4c(c3)C(C)(C)CC4(C)C)ccc21. The second-order valence-electron chi connectivity index (χ2n) is 31.9. The lowest BCUT2D eigenvalue weighted by Gasteiger charge is -2.46. The smallest absolute Gasteiger partial charge is 0.256 e. The van der Waals surface area contributed by atoms with Crippen LogP contribution in [0.4, 0.5) is 68.2 Å². The Hall–Kier alpha value is -9.22. The fourth-order valence-electron chi connectivity index (χ4n) is 19.8. The van der Waals surface area contributed by atoms with Crippen LogP contribution in [0.1, 0.15) is 90.5 Å². The van der Waals surface area contributed by atoms with Crippen LogP contribution in [-0.4, -0.2) is 29.6 Å². The average Bonchev–Trinajstić information content (AvgIpc) is 0.863. The third kappa shape index (κ3) is 7.55. The first-order valence-electron chi connectivity index (χ1n) is 34.1. The van der Waals surface area contributed by atoms with Crippen molar-refractivity contribution in [1.29, 1.82) is 0 Å². The molecule has 6 aliphatic heterocycles. The average molecular weight is 1250 g/mol. The summed E-state index contributed by atoms with van der Waals surface area (Å²) in [4.78, 5) is 10.4. The predicted octanol–water partition coefficient (Wildman–Crippen LogP) is 15.6. The van der Waals surface area contributed by atoms with Gasteiger partial charge in [-0.3, -0.25) is 0 Å². The highest BCUT2D eigenvalue weighted by atomic mass is 28.3. The summed E-state index contributed by atoms with van der Waals surface area (Å²) in [7, 11) is -4.25. The van der Waals surface area contributed by atoms with Crippen LogP contribution in [0.5, 0.6) is 23.0 Å². The van der Waals surface area contributed by atoms with Crippen molar-refractivity contribution in [2.75, 3.05) is 19.6 Å². The van der Waals surface area contributed by atoms with Crippen LogP contribution in [-0.2, 0) is 21.7 Å². The van der Waals surface area contributed by atoms with Gasteiger partial charge in [0.15, 0.2) is 0 Å². The van der Waals surface area contributed by atoms with E-state index in [1.54, 1.807) is 0 Å². The molecule has 19 rings (SSSR count). The molecule has 0 spiro atoms.